The molecule has 6 nitrogen and oxygen atoms in total. The average molecular weight is 344 g/mol. The molecule has 2 N–H and O–H groups in total. The smallest absolute Gasteiger partial charge is 0.182 e. The summed E-state index contributed by atoms with van der Waals surface area (Å²) in [6, 6.07) is 8.12. The van der Waals surface area contributed by atoms with Gasteiger partial charge in [-0.2, -0.15) is 5.10 Å². The zero-order chi connectivity index (χ0) is 18.1. The summed E-state index contributed by atoms with van der Waals surface area (Å²) < 4.78 is 5.79. The topological polar surface area (TPSA) is 74.3 Å². The Kier molecular flexibility index (Phi) is 4.84. The first kappa shape index (κ1) is 17.9. The molecule has 1 aromatic carbocycles. The maximum Gasteiger partial charge on any atom is 0.182 e. The Morgan fingerprint density at radius 2 is 1.84 bits per heavy atom. The van der Waals surface area contributed by atoms with Crippen LogP contribution in [0.2, 0.25) is 0 Å². The van der Waals surface area contributed by atoms with Crippen molar-refractivity contribution in [3.63, 3.8) is 0 Å². The molecule has 0 aliphatic carbocycles. The standard InChI is InChI=1S/C19H28N4O2/c1-18(2,3)14-5-7-15(8-6-14)25-13-16-20-17(22-21-16)19(24)9-11-23(4)12-10-19/h5-8,24H,9-13H2,1-4H3,(H,20,21,22). The molecule has 0 amide bonds. The van der Waals surface area contributed by atoms with Crippen LogP contribution in [0, 0.1) is 0 Å². The number of benzene rings is 1. The Labute approximate surface area is 149 Å². The van der Waals surface area contributed by atoms with Crippen molar-refractivity contribution in [3.8, 4) is 5.75 Å². The molecule has 1 fully saturated rings. The minimum Gasteiger partial charge on any atom is -0.486 e. The van der Waals surface area contributed by atoms with Gasteiger partial charge in [-0.3, -0.25) is 5.10 Å². The Morgan fingerprint density at radius 1 is 1.20 bits per heavy atom. The molecule has 6 heteroatoms. The second kappa shape index (κ2) is 6.77. The molecule has 0 spiro atoms. The quantitative estimate of drug-likeness (QED) is 0.892. The lowest BCUT2D eigenvalue weighted by Gasteiger charge is -2.34. The number of hydrogen-bond donors (Lipinski definition) is 2. The molecule has 2 aromatic rings. The van der Waals surface area contributed by atoms with Crippen molar-refractivity contribution in [1.29, 1.82) is 0 Å². The van der Waals surface area contributed by atoms with E-state index in [1.807, 2.05) is 12.1 Å². The fraction of sp³-hybridized carbons (Fsp3) is 0.579. The molecule has 2 heterocycles. The van der Waals surface area contributed by atoms with Crippen molar-refractivity contribution in [2.24, 2.45) is 0 Å². The third kappa shape index (κ3) is 4.19. The van der Waals surface area contributed by atoms with E-state index in [-0.39, 0.29) is 5.41 Å². The van der Waals surface area contributed by atoms with Crippen LogP contribution >= 0.6 is 0 Å². The first-order valence-corrected chi connectivity index (χ1v) is 8.82. The molecule has 1 aliphatic rings. The van der Waals surface area contributed by atoms with Gasteiger partial charge in [-0.25, -0.2) is 4.98 Å². The van der Waals surface area contributed by atoms with Crippen LogP contribution in [0.4, 0.5) is 0 Å². The predicted octanol–water partition coefficient (Wildman–Crippen LogP) is 2.59. The van der Waals surface area contributed by atoms with Gasteiger partial charge in [0.25, 0.3) is 0 Å². The number of ether oxygens (including phenoxy) is 1. The van der Waals surface area contributed by atoms with Crippen molar-refractivity contribution in [2.45, 2.75) is 51.2 Å². The lowest BCUT2D eigenvalue weighted by molar-refractivity contribution is -0.0274. The summed E-state index contributed by atoms with van der Waals surface area (Å²) in [5.74, 6) is 1.90. The van der Waals surface area contributed by atoms with E-state index >= 15 is 0 Å². The first-order chi connectivity index (χ1) is 11.8. The fourth-order valence-corrected chi connectivity index (χ4v) is 2.98. The van der Waals surface area contributed by atoms with Crippen molar-refractivity contribution in [2.75, 3.05) is 20.1 Å². The van der Waals surface area contributed by atoms with Gasteiger partial charge in [0.2, 0.25) is 0 Å². The van der Waals surface area contributed by atoms with E-state index in [0.717, 1.165) is 18.8 Å². The van der Waals surface area contributed by atoms with Crippen LogP contribution in [0.3, 0.4) is 0 Å². The lowest BCUT2D eigenvalue weighted by Crippen LogP contribution is -2.41. The van der Waals surface area contributed by atoms with E-state index in [2.05, 4.69) is 60.0 Å². The molecular weight excluding hydrogens is 316 g/mol. The third-order valence-corrected chi connectivity index (χ3v) is 4.86. The normalized spacial score (nSPS) is 18.3. The van der Waals surface area contributed by atoms with Gasteiger partial charge < -0.3 is 14.7 Å². The van der Waals surface area contributed by atoms with Crippen molar-refractivity contribution in [1.82, 2.24) is 20.1 Å². The number of likely N-dealkylation sites (tertiary alicyclic amines) is 1. The number of aromatic amines is 1. The molecular formula is C19H28N4O2. The number of rotatable bonds is 4. The van der Waals surface area contributed by atoms with Gasteiger partial charge >= 0.3 is 0 Å². The maximum absolute atomic E-state index is 10.8. The number of hydrogen-bond acceptors (Lipinski definition) is 5. The van der Waals surface area contributed by atoms with Crippen molar-refractivity contribution < 1.29 is 9.84 Å². The molecule has 136 valence electrons. The molecule has 3 rings (SSSR count). The highest BCUT2D eigenvalue weighted by Crippen LogP contribution is 2.30. The molecule has 1 saturated heterocycles. The first-order valence-electron chi connectivity index (χ1n) is 8.82. The van der Waals surface area contributed by atoms with Crippen LogP contribution in [0.15, 0.2) is 24.3 Å². The zero-order valence-corrected chi connectivity index (χ0v) is 15.5. The molecule has 0 bridgehead atoms. The summed E-state index contributed by atoms with van der Waals surface area (Å²) in [4.78, 5) is 6.64. The number of aromatic nitrogens is 3. The second-order valence-corrected chi connectivity index (χ2v) is 8.00. The SMILES string of the molecule is CN1CCC(O)(c2n[nH]c(COc3ccc(C(C)(C)C)cc3)n2)CC1. The highest BCUT2D eigenvalue weighted by atomic mass is 16.5. The van der Waals surface area contributed by atoms with E-state index in [4.69, 9.17) is 4.74 Å². The van der Waals surface area contributed by atoms with E-state index in [0.29, 0.717) is 31.1 Å². The number of nitrogens with one attached hydrogen (secondary N) is 1. The summed E-state index contributed by atoms with van der Waals surface area (Å²) in [5.41, 5.74) is 0.462. The van der Waals surface area contributed by atoms with Crippen LogP contribution in [0.25, 0.3) is 0 Å². The number of aliphatic hydroxyl groups is 1. The van der Waals surface area contributed by atoms with Gasteiger partial charge in [-0.15, -0.1) is 0 Å². The molecule has 0 atom stereocenters. The zero-order valence-electron chi connectivity index (χ0n) is 15.5. The molecule has 25 heavy (non-hydrogen) atoms. The van der Waals surface area contributed by atoms with E-state index in [1.54, 1.807) is 0 Å². The van der Waals surface area contributed by atoms with Gasteiger partial charge in [-0.05, 0) is 43.0 Å². The third-order valence-electron chi connectivity index (χ3n) is 4.86. The summed E-state index contributed by atoms with van der Waals surface area (Å²) >= 11 is 0. The molecule has 1 aromatic heterocycles. The van der Waals surface area contributed by atoms with Crippen molar-refractivity contribution >= 4 is 0 Å². The number of H-pyrrole nitrogens is 1. The van der Waals surface area contributed by atoms with Gasteiger partial charge in [-0.1, -0.05) is 32.9 Å². The van der Waals surface area contributed by atoms with Crippen LogP contribution in [-0.2, 0) is 17.6 Å². The molecule has 0 unspecified atom stereocenters. The summed E-state index contributed by atoms with van der Waals surface area (Å²) in [5, 5.41) is 17.8. The Morgan fingerprint density at radius 3 is 2.44 bits per heavy atom. The highest BCUT2D eigenvalue weighted by molar-refractivity contribution is 5.31. The van der Waals surface area contributed by atoms with E-state index in [9.17, 15) is 5.11 Å². The monoisotopic (exact) mass is 344 g/mol. The van der Waals surface area contributed by atoms with Gasteiger partial charge in [0.05, 0.1) is 0 Å². The Bertz CT molecular complexity index is 695. The molecule has 0 saturated carbocycles. The Hall–Kier alpha value is -1.92. The highest BCUT2D eigenvalue weighted by Gasteiger charge is 2.36. The Balaban J connectivity index is 1.60. The van der Waals surface area contributed by atoms with Crippen LogP contribution in [0.5, 0.6) is 5.75 Å². The van der Waals surface area contributed by atoms with Crippen LogP contribution in [-0.4, -0.2) is 45.3 Å². The minimum absolute atomic E-state index is 0.127. The molecule has 1 aliphatic heterocycles. The predicted molar refractivity (Wildman–Crippen MR) is 96.5 cm³/mol. The van der Waals surface area contributed by atoms with Crippen LogP contribution in [0.1, 0.15) is 50.8 Å². The van der Waals surface area contributed by atoms with Crippen molar-refractivity contribution in [3.05, 3.63) is 41.5 Å². The summed E-state index contributed by atoms with van der Waals surface area (Å²) in [6.45, 7) is 8.55. The van der Waals surface area contributed by atoms with Gasteiger partial charge in [0.1, 0.15) is 18.0 Å². The largest absolute Gasteiger partial charge is 0.486 e. The molecule has 0 radical (unpaired) electrons. The van der Waals surface area contributed by atoms with E-state index < -0.39 is 5.60 Å². The van der Waals surface area contributed by atoms with Crippen LogP contribution < -0.4 is 4.74 Å². The fourth-order valence-electron chi connectivity index (χ4n) is 2.98. The lowest BCUT2D eigenvalue weighted by atomic mass is 9.87. The number of nitrogens with zero attached hydrogens (tertiary/aromatic N) is 3. The average Bonchev–Trinajstić information content (AvgIpc) is 3.05. The summed E-state index contributed by atoms with van der Waals surface area (Å²) in [7, 11) is 2.06. The van der Waals surface area contributed by atoms with E-state index in [1.165, 1.54) is 5.56 Å². The van der Waals surface area contributed by atoms with Gasteiger partial charge in [0, 0.05) is 13.1 Å². The summed E-state index contributed by atoms with van der Waals surface area (Å²) in [6.07, 6.45) is 1.30. The minimum atomic E-state index is -0.935. The van der Waals surface area contributed by atoms with Gasteiger partial charge in [0.15, 0.2) is 11.6 Å². The second-order valence-electron chi connectivity index (χ2n) is 8.00. The maximum atomic E-state index is 10.8. The number of piperidine rings is 1.